The van der Waals surface area contributed by atoms with Crippen molar-refractivity contribution >= 4 is 33.4 Å². The number of nitrogens with zero attached hydrogens (tertiary/aromatic N) is 2. The van der Waals surface area contributed by atoms with Crippen LogP contribution in [-0.4, -0.2) is 16.5 Å². The first-order valence-electron chi connectivity index (χ1n) is 6.08. The van der Waals surface area contributed by atoms with Crippen molar-refractivity contribution in [2.75, 3.05) is 17.2 Å². The molecule has 0 unspecified atom stereocenters. The minimum Gasteiger partial charge on any atom is -0.354 e. The van der Waals surface area contributed by atoms with Crippen molar-refractivity contribution in [2.45, 2.75) is 13.3 Å². The van der Waals surface area contributed by atoms with Crippen LogP contribution >= 0.6 is 15.9 Å². The lowest BCUT2D eigenvalue weighted by Gasteiger charge is -2.09. The summed E-state index contributed by atoms with van der Waals surface area (Å²) in [6, 6.07) is 3.71. The summed E-state index contributed by atoms with van der Waals surface area (Å²) < 4.78 is 27.2. The fraction of sp³-hybridized carbons (Fsp3) is 0.231. The molecule has 7 heteroatoms. The van der Waals surface area contributed by atoms with Crippen molar-refractivity contribution in [3.05, 3.63) is 40.5 Å². The molecule has 0 aliphatic heterocycles. The molecule has 0 spiro atoms. The van der Waals surface area contributed by atoms with Gasteiger partial charge in [-0.05, 0) is 34.5 Å². The SMILES string of the molecule is CCCNc1nccc(Nc2cc(F)c(Br)cc2F)n1. The number of nitrogens with one attached hydrogen (secondary N) is 2. The van der Waals surface area contributed by atoms with E-state index in [0.717, 1.165) is 25.1 Å². The molecule has 0 aliphatic rings. The van der Waals surface area contributed by atoms with Crippen LogP contribution in [0, 0.1) is 11.6 Å². The summed E-state index contributed by atoms with van der Waals surface area (Å²) in [5, 5.41) is 5.75. The second kappa shape index (κ2) is 6.60. The molecule has 2 rings (SSSR count). The molecule has 0 radical (unpaired) electrons. The fourth-order valence-electron chi connectivity index (χ4n) is 1.51. The molecule has 1 aromatic carbocycles. The van der Waals surface area contributed by atoms with Crippen LogP contribution in [0.5, 0.6) is 0 Å². The monoisotopic (exact) mass is 342 g/mol. The zero-order valence-electron chi connectivity index (χ0n) is 10.8. The van der Waals surface area contributed by atoms with Crippen LogP contribution in [0.25, 0.3) is 0 Å². The number of benzene rings is 1. The van der Waals surface area contributed by atoms with E-state index in [1.54, 1.807) is 12.3 Å². The Hall–Kier alpha value is -1.76. The molecule has 0 saturated carbocycles. The van der Waals surface area contributed by atoms with Gasteiger partial charge in [0.2, 0.25) is 5.95 Å². The molecule has 20 heavy (non-hydrogen) atoms. The van der Waals surface area contributed by atoms with Crippen molar-refractivity contribution in [3.63, 3.8) is 0 Å². The molecule has 4 nitrogen and oxygen atoms in total. The van der Waals surface area contributed by atoms with Gasteiger partial charge in [-0.15, -0.1) is 0 Å². The largest absolute Gasteiger partial charge is 0.354 e. The van der Waals surface area contributed by atoms with E-state index < -0.39 is 11.6 Å². The van der Waals surface area contributed by atoms with Gasteiger partial charge in [0.25, 0.3) is 0 Å². The fourth-order valence-corrected chi connectivity index (χ4v) is 1.82. The maximum Gasteiger partial charge on any atom is 0.224 e. The van der Waals surface area contributed by atoms with Gasteiger partial charge < -0.3 is 10.6 Å². The van der Waals surface area contributed by atoms with Crippen molar-refractivity contribution in [2.24, 2.45) is 0 Å². The average molecular weight is 343 g/mol. The Morgan fingerprint density at radius 2 is 2.05 bits per heavy atom. The van der Waals surface area contributed by atoms with Gasteiger partial charge in [0.15, 0.2) is 0 Å². The molecular weight excluding hydrogens is 330 g/mol. The molecule has 2 N–H and O–H groups in total. The number of hydrogen-bond acceptors (Lipinski definition) is 4. The molecule has 0 aliphatic carbocycles. The topological polar surface area (TPSA) is 49.8 Å². The Balaban J connectivity index is 2.19. The summed E-state index contributed by atoms with van der Waals surface area (Å²) in [5.41, 5.74) is 0.0193. The lowest BCUT2D eigenvalue weighted by Crippen LogP contribution is -2.06. The lowest BCUT2D eigenvalue weighted by atomic mass is 10.3. The van der Waals surface area contributed by atoms with E-state index in [0.29, 0.717) is 11.8 Å². The normalized spacial score (nSPS) is 10.4. The number of aromatic nitrogens is 2. The Bertz CT molecular complexity index is 607. The molecular formula is C13H13BrF2N4. The first-order chi connectivity index (χ1) is 9.60. The summed E-state index contributed by atoms with van der Waals surface area (Å²) in [6.07, 6.45) is 2.48. The maximum atomic E-state index is 13.7. The highest BCUT2D eigenvalue weighted by molar-refractivity contribution is 9.10. The highest BCUT2D eigenvalue weighted by Crippen LogP contribution is 2.25. The van der Waals surface area contributed by atoms with Crippen molar-refractivity contribution in [1.82, 2.24) is 9.97 Å². The number of halogens is 3. The highest BCUT2D eigenvalue weighted by Gasteiger charge is 2.09. The highest BCUT2D eigenvalue weighted by atomic mass is 79.9. The van der Waals surface area contributed by atoms with Gasteiger partial charge in [-0.2, -0.15) is 4.98 Å². The van der Waals surface area contributed by atoms with Crippen LogP contribution in [0.1, 0.15) is 13.3 Å². The van der Waals surface area contributed by atoms with Crippen molar-refractivity contribution < 1.29 is 8.78 Å². The first kappa shape index (κ1) is 14.6. The summed E-state index contributed by atoms with van der Waals surface area (Å²) in [7, 11) is 0. The number of rotatable bonds is 5. The quantitative estimate of drug-likeness (QED) is 0.803. The van der Waals surface area contributed by atoms with Crippen LogP contribution in [0.15, 0.2) is 28.9 Å². The molecule has 0 fully saturated rings. The summed E-state index contributed by atoms with van der Waals surface area (Å²) in [4.78, 5) is 8.20. The van der Waals surface area contributed by atoms with Crippen LogP contribution in [0.4, 0.5) is 26.2 Å². The van der Waals surface area contributed by atoms with E-state index in [4.69, 9.17) is 0 Å². The number of anilines is 3. The first-order valence-corrected chi connectivity index (χ1v) is 6.88. The standard InChI is InChI=1S/C13H13BrF2N4/c1-2-4-17-13-18-5-3-12(20-13)19-11-7-9(15)8(14)6-10(11)16/h3,5-7H,2,4H2,1H3,(H2,17,18,19,20). The molecule has 1 aromatic heterocycles. The Morgan fingerprint density at radius 3 is 2.80 bits per heavy atom. The molecule has 0 atom stereocenters. The van der Waals surface area contributed by atoms with Crippen LogP contribution in [0.3, 0.4) is 0 Å². The van der Waals surface area contributed by atoms with E-state index in [-0.39, 0.29) is 10.2 Å². The van der Waals surface area contributed by atoms with E-state index in [1.807, 2.05) is 6.92 Å². The third-order valence-electron chi connectivity index (χ3n) is 2.46. The Morgan fingerprint density at radius 1 is 1.25 bits per heavy atom. The minimum atomic E-state index is -0.569. The van der Waals surface area contributed by atoms with Gasteiger partial charge in [-0.1, -0.05) is 6.92 Å². The van der Waals surface area contributed by atoms with Gasteiger partial charge in [0.05, 0.1) is 10.2 Å². The molecule has 0 bridgehead atoms. The zero-order chi connectivity index (χ0) is 14.5. The van der Waals surface area contributed by atoms with Crippen LogP contribution in [0.2, 0.25) is 0 Å². The smallest absolute Gasteiger partial charge is 0.224 e. The van der Waals surface area contributed by atoms with Crippen molar-refractivity contribution in [1.29, 1.82) is 0 Å². The maximum absolute atomic E-state index is 13.7. The zero-order valence-corrected chi connectivity index (χ0v) is 12.3. The predicted molar refractivity (Wildman–Crippen MR) is 78.2 cm³/mol. The van der Waals surface area contributed by atoms with E-state index in [2.05, 4.69) is 36.5 Å². The van der Waals surface area contributed by atoms with E-state index in [1.165, 1.54) is 0 Å². The van der Waals surface area contributed by atoms with Gasteiger partial charge in [0, 0.05) is 18.8 Å². The summed E-state index contributed by atoms with van der Waals surface area (Å²) >= 11 is 2.93. The third-order valence-corrected chi connectivity index (χ3v) is 3.07. The van der Waals surface area contributed by atoms with Crippen LogP contribution in [-0.2, 0) is 0 Å². The van der Waals surface area contributed by atoms with E-state index in [9.17, 15) is 8.78 Å². The van der Waals surface area contributed by atoms with Gasteiger partial charge in [0.1, 0.15) is 17.5 Å². The van der Waals surface area contributed by atoms with E-state index >= 15 is 0 Å². The van der Waals surface area contributed by atoms with Gasteiger partial charge in [-0.25, -0.2) is 13.8 Å². The predicted octanol–water partition coefficient (Wildman–Crippen LogP) is 4.08. The molecule has 106 valence electrons. The number of hydrogen-bond donors (Lipinski definition) is 2. The Kier molecular flexibility index (Phi) is 4.84. The summed E-state index contributed by atoms with van der Waals surface area (Å²) in [6.45, 7) is 2.76. The van der Waals surface area contributed by atoms with Gasteiger partial charge >= 0.3 is 0 Å². The summed E-state index contributed by atoms with van der Waals surface area (Å²) in [5.74, 6) is -0.290. The van der Waals surface area contributed by atoms with Crippen molar-refractivity contribution in [3.8, 4) is 0 Å². The minimum absolute atomic E-state index is 0.0193. The molecule has 2 aromatic rings. The van der Waals surface area contributed by atoms with Gasteiger partial charge in [-0.3, -0.25) is 0 Å². The molecule has 0 amide bonds. The molecule has 0 saturated heterocycles. The van der Waals surface area contributed by atoms with Crippen LogP contribution < -0.4 is 10.6 Å². The lowest BCUT2D eigenvalue weighted by molar-refractivity contribution is 0.597. The second-order valence-corrected chi connectivity index (χ2v) is 4.92. The second-order valence-electron chi connectivity index (χ2n) is 4.06. The Labute approximate surface area is 123 Å². The third kappa shape index (κ3) is 3.63. The molecule has 1 heterocycles. The average Bonchev–Trinajstić information content (AvgIpc) is 2.43.